The van der Waals surface area contributed by atoms with E-state index in [1.54, 1.807) is 11.3 Å². The molecular weight excluding hydrogens is 314 g/mol. The highest BCUT2D eigenvalue weighted by atomic mass is 32.1. The summed E-state index contributed by atoms with van der Waals surface area (Å²) in [5, 5.41) is 16.6. The summed E-state index contributed by atoms with van der Waals surface area (Å²) in [4.78, 5) is 19.0. The van der Waals surface area contributed by atoms with E-state index in [0.717, 1.165) is 43.1 Å². The summed E-state index contributed by atoms with van der Waals surface area (Å²) in [6.45, 7) is 5.53. The van der Waals surface area contributed by atoms with E-state index in [1.165, 1.54) is 0 Å². The van der Waals surface area contributed by atoms with Crippen LogP contribution < -0.4 is 5.32 Å². The number of carbonyl (C=O) groups excluding carboxylic acids is 1. The minimum Gasteiger partial charge on any atom is -0.390 e. The van der Waals surface area contributed by atoms with E-state index in [-0.39, 0.29) is 17.9 Å². The van der Waals surface area contributed by atoms with Crippen LogP contribution in [-0.2, 0) is 16.1 Å². The van der Waals surface area contributed by atoms with Gasteiger partial charge in [0.25, 0.3) is 0 Å². The van der Waals surface area contributed by atoms with Gasteiger partial charge >= 0.3 is 0 Å². The monoisotopic (exact) mass is 339 g/mol. The molecule has 0 spiro atoms. The maximum absolute atomic E-state index is 12.3. The van der Waals surface area contributed by atoms with Gasteiger partial charge in [-0.15, -0.1) is 11.3 Å². The van der Waals surface area contributed by atoms with Crippen LogP contribution in [0.25, 0.3) is 0 Å². The number of rotatable bonds is 4. The lowest BCUT2D eigenvalue weighted by Crippen LogP contribution is -2.55. The van der Waals surface area contributed by atoms with Crippen molar-refractivity contribution < 1.29 is 14.6 Å². The van der Waals surface area contributed by atoms with Crippen molar-refractivity contribution in [3.8, 4) is 0 Å². The largest absolute Gasteiger partial charge is 0.390 e. The van der Waals surface area contributed by atoms with Gasteiger partial charge < -0.3 is 15.2 Å². The van der Waals surface area contributed by atoms with Gasteiger partial charge in [0.15, 0.2) is 0 Å². The van der Waals surface area contributed by atoms with Gasteiger partial charge in [-0.1, -0.05) is 0 Å². The molecule has 2 N–H and O–H groups in total. The molecule has 0 aromatic carbocycles. The summed E-state index contributed by atoms with van der Waals surface area (Å²) in [6, 6.07) is -0.140. The first-order valence-electron chi connectivity index (χ1n) is 8.31. The number of aromatic nitrogens is 1. The van der Waals surface area contributed by atoms with Crippen molar-refractivity contribution >= 4 is 17.2 Å². The number of carbonyl (C=O) groups is 1. The summed E-state index contributed by atoms with van der Waals surface area (Å²) < 4.78 is 5.29. The van der Waals surface area contributed by atoms with Crippen LogP contribution in [0.2, 0.25) is 0 Å². The second-order valence-electron chi connectivity index (χ2n) is 6.45. The molecule has 6 nitrogen and oxygen atoms in total. The van der Waals surface area contributed by atoms with Crippen LogP contribution in [-0.4, -0.2) is 59.3 Å². The molecule has 23 heavy (non-hydrogen) atoms. The predicted molar refractivity (Wildman–Crippen MR) is 88.2 cm³/mol. The maximum atomic E-state index is 12.3. The molecule has 0 saturated carbocycles. The van der Waals surface area contributed by atoms with E-state index in [0.29, 0.717) is 19.8 Å². The molecule has 2 aliphatic rings. The number of likely N-dealkylation sites (tertiary alicyclic amines) is 1. The molecule has 7 heteroatoms. The van der Waals surface area contributed by atoms with Gasteiger partial charge in [0.05, 0.1) is 22.8 Å². The number of aryl methyl sites for hydroxylation is 1. The molecule has 3 heterocycles. The van der Waals surface area contributed by atoms with Crippen LogP contribution in [0, 0.1) is 12.8 Å². The Morgan fingerprint density at radius 3 is 2.91 bits per heavy atom. The zero-order valence-electron chi connectivity index (χ0n) is 13.5. The van der Waals surface area contributed by atoms with Crippen LogP contribution in [0.15, 0.2) is 5.38 Å². The number of aliphatic hydroxyl groups excluding tert-OH is 1. The number of hydrogen-bond acceptors (Lipinski definition) is 6. The molecule has 128 valence electrons. The Hall–Kier alpha value is -1.02. The van der Waals surface area contributed by atoms with Crippen LogP contribution in [0.4, 0.5) is 0 Å². The van der Waals surface area contributed by atoms with Gasteiger partial charge in [-0.2, -0.15) is 0 Å². The Bertz CT molecular complexity index is 530. The van der Waals surface area contributed by atoms with E-state index in [4.69, 9.17) is 4.74 Å². The van der Waals surface area contributed by atoms with Gasteiger partial charge in [-0.25, -0.2) is 4.98 Å². The van der Waals surface area contributed by atoms with Crippen molar-refractivity contribution in [3.63, 3.8) is 0 Å². The number of ether oxygens (including phenoxy) is 1. The van der Waals surface area contributed by atoms with Crippen LogP contribution in [0.3, 0.4) is 0 Å². The number of thiazole rings is 1. The van der Waals surface area contributed by atoms with Gasteiger partial charge in [0, 0.05) is 44.1 Å². The third-order valence-electron chi connectivity index (χ3n) is 4.64. The summed E-state index contributed by atoms with van der Waals surface area (Å²) in [6.07, 6.45) is 1.82. The number of nitrogens with zero attached hydrogens (tertiary/aromatic N) is 2. The van der Waals surface area contributed by atoms with Crippen molar-refractivity contribution in [1.29, 1.82) is 0 Å². The highest BCUT2D eigenvalue weighted by Crippen LogP contribution is 2.19. The van der Waals surface area contributed by atoms with Gasteiger partial charge in [0.1, 0.15) is 0 Å². The van der Waals surface area contributed by atoms with Crippen molar-refractivity contribution in [3.05, 3.63) is 16.1 Å². The molecule has 1 aromatic rings. The molecule has 0 bridgehead atoms. The van der Waals surface area contributed by atoms with Crippen molar-refractivity contribution in [2.75, 3.05) is 26.3 Å². The molecule has 0 unspecified atom stereocenters. The Kier molecular flexibility index (Phi) is 5.63. The van der Waals surface area contributed by atoms with Crippen LogP contribution >= 0.6 is 11.3 Å². The number of β-amino-alcohol motifs (C(OH)–C–C–N with tert-alkyl or cyclic N) is 1. The van der Waals surface area contributed by atoms with Crippen LogP contribution in [0.1, 0.15) is 30.0 Å². The summed E-state index contributed by atoms with van der Waals surface area (Å²) in [5.41, 5.74) is 1.06. The minimum absolute atomic E-state index is 0.0342. The van der Waals surface area contributed by atoms with E-state index in [9.17, 15) is 9.90 Å². The SMILES string of the molecule is Cc1nc(CN2CC[C@H](NC(=O)C3CCOCC3)[C@@H](O)C2)cs1. The second kappa shape index (κ2) is 7.70. The van der Waals surface area contributed by atoms with E-state index < -0.39 is 6.10 Å². The number of piperidine rings is 1. The average molecular weight is 339 g/mol. The third kappa shape index (κ3) is 4.50. The third-order valence-corrected chi connectivity index (χ3v) is 5.46. The smallest absolute Gasteiger partial charge is 0.223 e. The zero-order valence-corrected chi connectivity index (χ0v) is 14.3. The molecule has 2 aliphatic heterocycles. The standard InChI is InChI=1S/C16H25N3O3S/c1-11-17-13(10-23-11)8-19-5-2-14(15(20)9-19)18-16(21)12-3-6-22-7-4-12/h10,12,14-15,20H,2-9H2,1H3,(H,18,21)/t14-,15-/m0/s1. The number of amides is 1. The lowest BCUT2D eigenvalue weighted by molar-refractivity contribution is -0.130. The number of hydrogen-bond donors (Lipinski definition) is 2. The number of nitrogens with one attached hydrogen (secondary N) is 1. The molecule has 2 fully saturated rings. The van der Waals surface area contributed by atoms with Crippen molar-refractivity contribution in [2.24, 2.45) is 5.92 Å². The highest BCUT2D eigenvalue weighted by Gasteiger charge is 2.31. The van der Waals surface area contributed by atoms with Crippen molar-refractivity contribution in [2.45, 2.75) is 44.9 Å². The molecular formula is C16H25N3O3S. The molecule has 1 amide bonds. The summed E-state index contributed by atoms with van der Waals surface area (Å²) >= 11 is 1.65. The average Bonchev–Trinajstić information content (AvgIpc) is 2.96. The Labute approximate surface area is 140 Å². The first-order valence-corrected chi connectivity index (χ1v) is 9.19. The lowest BCUT2D eigenvalue weighted by Gasteiger charge is -2.36. The van der Waals surface area contributed by atoms with Gasteiger partial charge in [-0.05, 0) is 26.2 Å². The molecule has 3 rings (SSSR count). The predicted octanol–water partition coefficient (Wildman–Crippen LogP) is 0.930. The Morgan fingerprint density at radius 2 is 2.26 bits per heavy atom. The summed E-state index contributed by atoms with van der Waals surface area (Å²) in [7, 11) is 0. The molecule has 0 radical (unpaired) electrons. The highest BCUT2D eigenvalue weighted by molar-refractivity contribution is 7.09. The minimum atomic E-state index is -0.521. The number of aliphatic hydroxyl groups is 1. The van der Waals surface area contributed by atoms with Gasteiger partial charge in [-0.3, -0.25) is 9.69 Å². The Morgan fingerprint density at radius 1 is 1.48 bits per heavy atom. The fraction of sp³-hybridized carbons (Fsp3) is 0.750. The first kappa shape index (κ1) is 16.8. The zero-order chi connectivity index (χ0) is 16.2. The molecule has 2 saturated heterocycles. The first-order chi connectivity index (χ1) is 11.1. The van der Waals surface area contributed by atoms with Gasteiger partial charge in [0.2, 0.25) is 5.91 Å². The fourth-order valence-corrected chi connectivity index (χ4v) is 3.88. The van der Waals surface area contributed by atoms with E-state index >= 15 is 0 Å². The van der Waals surface area contributed by atoms with E-state index in [1.807, 2.05) is 6.92 Å². The quantitative estimate of drug-likeness (QED) is 0.854. The maximum Gasteiger partial charge on any atom is 0.223 e. The molecule has 1 aromatic heterocycles. The Balaban J connectivity index is 1.47. The second-order valence-corrected chi connectivity index (χ2v) is 7.51. The molecule has 2 atom stereocenters. The van der Waals surface area contributed by atoms with Crippen LogP contribution in [0.5, 0.6) is 0 Å². The topological polar surface area (TPSA) is 74.7 Å². The fourth-order valence-electron chi connectivity index (χ4n) is 3.28. The lowest BCUT2D eigenvalue weighted by atomic mass is 9.96. The molecule has 0 aliphatic carbocycles. The van der Waals surface area contributed by atoms with E-state index in [2.05, 4.69) is 20.6 Å². The normalized spacial score (nSPS) is 27.0. The van der Waals surface area contributed by atoms with Crippen molar-refractivity contribution in [1.82, 2.24) is 15.2 Å². The summed E-state index contributed by atoms with van der Waals surface area (Å²) in [5.74, 6) is 0.105.